The Bertz CT molecular complexity index is 248. The molecule has 0 heterocycles. The van der Waals surface area contributed by atoms with E-state index in [0.717, 1.165) is 6.26 Å². The van der Waals surface area contributed by atoms with Gasteiger partial charge in [-0.05, 0) is 12.8 Å². The number of carbonyl (C=O) groups is 1. The van der Waals surface area contributed by atoms with Crippen LogP contribution in [0, 0.1) is 0 Å². The second kappa shape index (κ2) is 6.04. The SMILES string of the molecule is CS(=O)(=O)OC(=O)OCCCCCl. The monoisotopic (exact) mass is 230 g/mol. The van der Waals surface area contributed by atoms with Gasteiger partial charge in [-0.3, -0.25) is 0 Å². The molecule has 0 unspecified atom stereocenters. The molecule has 0 aromatic carbocycles. The van der Waals surface area contributed by atoms with E-state index in [-0.39, 0.29) is 6.61 Å². The molecule has 0 saturated heterocycles. The highest BCUT2D eigenvalue weighted by molar-refractivity contribution is 7.86. The van der Waals surface area contributed by atoms with Gasteiger partial charge in [-0.1, -0.05) is 0 Å². The van der Waals surface area contributed by atoms with Gasteiger partial charge in [0.15, 0.2) is 0 Å². The van der Waals surface area contributed by atoms with E-state index in [4.69, 9.17) is 11.6 Å². The normalized spacial score (nSPS) is 10.9. The number of halogens is 1. The van der Waals surface area contributed by atoms with Crippen molar-refractivity contribution in [2.24, 2.45) is 0 Å². The molecule has 0 amide bonds. The topological polar surface area (TPSA) is 69.7 Å². The molecule has 0 atom stereocenters. The summed E-state index contributed by atoms with van der Waals surface area (Å²) in [6, 6.07) is 0. The summed E-state index contributed by atoms with van der Waals surface area (Å²) >= 11 is 5.36. The first kappa shape index (κ1) is 12.5. The maximum absolute atomic E-state index is 10.6. The molecule has 0 spiro atoms. The Morgan fingerprint density at radius 1 is 1.38 bits per heavy atom. The number of hydrogen-bond acceptors (Lipinski definition) is 5. The van der Waals surface area contributed by atoms with Crippen LogP contribution in [0.5, 0.6) is 0 Å². The number of alkyl halides is 1. The zero-order valence-corrected chi connectivity index (χ0v) is 8.73. The Morgan fingerprint density at radius 2 is 2.00 bits per heavy atom. The summed E-state index contributed by atoms with van der Waals surface area (Å²) in [5, 5.41) is 0. The molecule has 0 aromatic heterocycles. The third kappa shape index (κ3) is 9.42. The highest BCUT2D eigenvalue weighted by Crippen LogP contribution is 1.96. The lowest BCUT2D eigenvalue weighted by Crippen LogP contribution is -2.13. The number of hydrogen-bond donors (Lipinski definition) is 0. The average Bonchev–Trinajstić information content (AvgIpc) is 1.94. The molecule has 78 valence electrons. The zero-order chi connectivity index (χ0) is 10.3. The summed E-state index contributed by atoms with van der Waals surface area (Å²) in [4.78, 5) is 10.6. The van der Waals surface area contributed by atoms with Gasteiger partial charge in [-0.25, -0.2) is 4.79 Å². The number of ether oxygens (including phenoxy) is 1. The number of unbranched alkanes of at least 4 members (excludes halogenated alkanes) is 1. The van der Waals surface area contributed by atoms with Gasteiger partial charge < -0.3 is 8.92 Å². The second-order valence-corrected chi connectivity index (χ2v) is 4.23. The molecule has 0 aliphatic heterocycles. The van der Waals surface area contributed by atoms with E-state index < -0.39 is 16.3 Å². The first-order valence-corrected chi connectivity index (χ1v) is 5.93. The predicted molar refractivity (Wildman–Crippen MR) is 47.2 cm³/mol. The van der Waals surface area contributed by atoms with Gasteiger partial charge in [0, 0.05) is 5.88 Å². The third-order valence-corrected chi connectivity index (χ3v) is 1.67. The zero-order valence-electron chi connectivity index (χ0n) is 7.16. The van der Waals surface area contributed by atoms with Gasteiger partial charge in [0.25, 0.3) is 0 Å². The van der Waals surface area contributed by atoms with Crippen molar-refractivity contribution in [2.75, 3.05) is 18.7 Å². The quantitative estimate of drug-likeness (QED) is 0.306. The van der Waals surface area contributed by atoms with Gasteiger partial charge in [0.05, 0.1) is 12.9 Å². The highest BCUT2D eigenvalue weighted by atomic mass is 35.5. The lowest BCUT2D eigenvalue weighted by Gasteiger charge is -2.02. The lowest BCUT2D eigenvalue weighted by atomic mass is 10.4. The molecular formula is C6H11ClO5S. The summed E-state index contributed by atoms with van der Waals surface area (Å²) in [5.41, 5.74) is 0. The van der Waals surface area contributed by atoms with Gasteiger partial charge in [-0.2, -0.15) is 8.42 Å². The molecule has 0 aliphatic carbocycles. The van der Waals surface area contributed by atoms with Gasteiger partial charge in [0.2, 0.25) is 0 Å². The van der Waals surface area contributed by atoms with Crippen LogP contribution in [-0.4, -0.2) is 33.3 Å². The fourth-order valence-electron chi connectivity index (χ4n) is 0.500. The number of rotatable bonds is 5. The lowest BCUT2D eigenvalue weighted by molar-refractivity contribution is 0.101. The van der Waals surface area contributed by atoms with Crippen LogP contribution in [0.4, 0.5) is 4.79 Å². The molecule has 13 heavy (non-hydrogen) atoms. The Morgan fingerprint density at radius 3 is 2.46 bits per heavy atom. The minimum atomic E-state index is -3.77. The predicted octanol–water partition coefficient (Wildman–Crippen LogP) is 1.12. The summed E-state index contributed by atoms with van der Waals surface area (Å²) in [6.45, 7) is 0.112. The Balaban J connectivity index is 3.53. The highest BCUT2D eigenvalue weighted by Gasteiger charge is 2.11. The Labute approximate surface area is 82.1 Å². The van der Waals surface area contributed by atoms with Crippen molar-refractivity contribution in [1.82, 2.24) is 0 Å². The smallest absolute Gasteiger partial charge is 0.433 e. The van der Waals surface area contributed by atoms with E-state index in [9.17, 15) is 13.2 Å². The summed E-state index contributed by atoms with van der Waals surface area (Å²) in [5.74, 6) is 0.477. The van der Waals surface area contributed by atoms with Crippen LogP contribution >= 0.6 is 11.6 Å². The van der Waals surface area contributed by atoms with E-state index in [1.165, 1.54) is 0 Å². The summed E-state index contributed by atoms with van der Waals surface area (Å²) in [6.07, 6.45) is 0.861. The second-order valence-electron chi connectivity index (χ2n) is 2.28. The van der Waals surface area contributed by atoms with Crippen LogP contribution in [0.1, 0.15) is 12.8 Å². The Kier molecular flexibility index (Phi) is 5.81. The fraction of sp³-hybridized carbons (Fsp3) is 0.833. The van der Waals surface area contributed by atoms with Crippen molar-refractivity contribution in [1.29, 1.82) is 0 Å². The molecule has 0 rings (SSSR count). The van der Waals surface area contributed by atoms with Crippen molar-refractivity contribution >= 4 is 27.9 Å². The van der Waals surface area contributed by atoms with Crippen LogP contribution in [0.3, 0.4) is 0 Å². The molecule has 0 saturated carbocycles. The maximum Gasteiger partial charge on any atom is 0.524 e. The van der Waals surface area contributed by atoms with Crippen LogP contribution in [0.15, 0.2) is 0 Å². The van der Waals surface area contributed by atoms with E-state index in [0.29, 0.717) is 18.7 Å². The van der Waals surface area contributed by atoms with Gasteiger partial charge >= 0.3 is 16.3 Å². The maximum atomic E-state index is 10.6. The van der Waals surface area contributed by atoms with Crippen LogP contribution in [0.25, 0.3) is 0 Å². The molecule has 0 radical (unpaired) electrons. The molecule has 0 aliphatic rings. The summed E-state index contributed by atoms with van der Waals surface area (Å²) in [7, 11) is -3.77. The first-order valence-electron chi connectivity index (χ1n) is 3.58. The average molecular weight is 231 g/mol. The standard InChI is InChI=1S/C6H11ClO5S/c1-13(9,10)12-6(8)11-5-3-2-4-7/h2-5H2,1H3. The van der Waals surface area contributed by atoms with Crippen molar-refractivity contribution < 1.29 is 22.1 Å². The van der Waals surface area contributed by atoms with Crippen molar-refractivity contribution in [3.8, 4) is 0 Å². The third-order valence-electron chi connectivity index (χ3n) is 0.967. The largest absolute Gasteiger partial charge is 0.524 e. The first-order chi connectivity index (χ1) is 5.95. The molecule has 0 N–H and O–H groups in total. The van der Waals surface area contributed by atoms with E-state index in [1.807, 2.05) is 0 Å². The molecule has 7 heteroatoms. The minimum absolute atomic E-state index is 0.112. The molecule has 0 fully saturated rings. The fourth-order valence-corrected chi connectivity index (χ4v) is 0.984. The van der Waals surface area contributed by atoms with Crippen LogP contribution in [0.2, 0.25) is 0 Å². The Hall–Kier alpha value is -0.490. The number of carbonyl (C=O) groups excluding carboxylic acids is 1. The van der Waals surface area contributed by atoms with Crippen LogP contribution in [-0.2, 0) is 19.0 Å². The van der Waals surface area contributed by atoms with Gasteiger partial charge in [-0.15, -0.1) is 11.6 Å². The van der Waals surface area contributed by atoms with Crippen LogP contribution < -0.4 is 0 Å². The molecule has 0 bridgehead atoms. The van der Waals surface area contributed by atoms with E-state index in [1.54, 1.807) is 0 Å². The molecular weight excluding hydrogens is 220 g/mol. The molecule has 0 aromatic rings. The van der Waals surface area contributed by atoms with E-state index >= 15 is 0 Å². The summed E-state index contributed by atoms with van der Waals surface area (Å²) < 4.78 is 29.1. The van der Waals surface area contributed by atoms with Crippen molar-refractivity contribution in [3.63, 3.8) is 0 Å². The minimum Gasteiger partial charge on any atom is -0.433 e. The van der Waals surface area contributed by atoms with Crippen molar-refractivity contribution in [2.45, 2.75) is 12.8 Å². The van der Waals surface area contributed by atoms with Gasteiger partial charge in [0.1, 0.15) is 0 Å². The van der Waals surface area contributed by atoms with Crippen molar-refractivity contribution in [3.05, 3.63) is 0 Å². The molecule has 5 nitrogen and oxygen atoms in total. The van der Waals surface area contributed by atoms with E-state index in [2.05, 4.69) is 8.92 Å².